The van der Waals surface area contributed by atoms with E-state index in [0.717, 1.165) is 21.7 Å². The van der Waals surface area contributed by atoms with Crippen LogP contribution < -0.4 is 9.62 Å². The fourth-order valence-corrected chi connectivity index (χ4v) is 4.57. The summed E-state index contributed by atoms with van der Waals surface area (Å²) in [5.41, 5.74) is 2.35. The Morgan fingerprint density at radius 2 is 1.53 bits per heavy atom. The van der Waals surface area contributed by atoms with Crippen LogP contribution in [0.1, 0.15) is 58.1 Å². The molecule has 0 unspecified atom stereocenters. The number of benzene rings is 2. The van der Waals surface area contributed by atoms with Crippen LogP contribution in [0.4, 0.5) is 5.69 Å². The van der Waals surface area contributed by atoms with Crippen LogP contribution in [0.5, 0.6) is 0 Å². The molecule has 0 spiro atoms. The number of sulfonamides is 1. The van der Waals surface area contributed by atoms with Gasteiger partial charge in [0.25, 0.3) is 0 Å². The summed E-state index contributed by atoms with van der Waals surface area (Å²) in [6.07, 6.45) is 1.49. The van der Waals surface area contributed by atoms with E-state index in [0.29, 0.717) is 18.0 Å². The van der Waals surface area contributed by atoms with Gasteiger partial charge >= 0.3 is 0 Å². The molecule has 2 aromatic rings. The molecule has 0 radical (unpaired) electrons. The van der Waals surface area contributed by atoms with Crippen molar-refractivity contribution in [1.29, 1.82) is 0 Å². The van der Waals surface area contributed by atoms with E-state index in [9.17, 15) is 18.0 Å². The topological polar surface area (TPSA) is 86.8 Å². The average molecular weight is 488 g/mol. The molecule has 1 atom stereocenters. The molecule has 2 rings (SSSR count). The van der Waals surface area contributed by atoms with Crippen LogP contribution in [0.15, 0.2) is 54.6 Å². The van der Waals surface area contributed by atoms with Crippen LogP contribution in [-0.2, 0) is 26.2 Å². The molecule has 0 saturated heterocycles. The number of anilines is 1. The van der Waals surface area contributed by atoms with Crippen molar-refractivity contribution in [2.45, 2.75) is 65.6 Å². The fraction of sp³-hybridized carbons (Fsp3) is 0.462. The summed E-state index contributed by atoms with van der Waals surface area (Å²) in [5.74, 6) is -0.393. The largest absolute Gasteiger partial charge is 0.352 e. The smallest absolute Gasteiger partial charge is 0.244 e. The van der Waals surface area contributed by atoms with Crippen LogP contribution in [0.3, 0.4) is 0 Å². The molecule has 34 heavy (non-hydrogen) atoms. The normalized spacial score (nSPS) is 12.5. The van der Waals surface area contributed by atoms with E-state index in [4.69, 9.17) is 0 Å². The zero-order valence-electron chi connectivity index (χ0n) is 21.0. The standard InChI is InChI=1S/C26H37N3O4S/c1-7-24(26(31)27-20(4)5)28(17-21-11-9-8-10-12-21)25(30)18-29(34(6,32)33)23-15-13-22(14-16-23)19(2)3/h8-16,19-20,24H,7,17-18H2,1-6H3,(H,27,31)/t24-/m0/s1. The molecule has 0 aromatic heterocycles. The SMILES string of the molecule is CC[C@@H](C(=O)NC(C)C)N(Cc1ccccc1)C(=O)CN(c1ccc(C(C)C)cc1)S(C)(=O)=O. The second-order valence-corrected chi connectivity index (χ2v) is 11.0. The van der Waals surface area contributed by atoms with Crippen LogP contribution in [0, 0.1) is 0 Å². The Morgan fingerprint density at radius 1 is 0.941 bits per heavy atom. The molecule has 8 heteroatoms. The molecule has 0 aliphatic carbocycles. The first-order valence-electron chi connectivity index (χ1n) is 11.7. The summed E-state index contributed by atoms with van der Waals surface area (Å²) in [5, 5.41) is 2.88. The third kappa shape index (κ3) is 7.58. The monoisotopic (exact) mass is 487 g/mol. The van der Waals surface area contributed by atoms with Crippen molar-refractivity contribution in [3.05, 3.63) is 65.7 Å². The Labute approximate surface area is 204 Å². The highest BCUT2D eigenvalue weighted by Gasteiger charge is 2.31. The summed E-state index contributed by atoms with van der Waals surface area (Å²) >= 11 is 0. The third-order valence-electron chi connectivity index (χ3n) is 5.54. The Balaban J connectivity index is 2.41. The lowest BCUT2D eigenvalue weighted by Crippen LogP contribution is -2.53. The van der Waals surface area contributed by atoms with Gasteiger partial charge in [-0.25, -0.2) is 8.42 Å². The quantitative estimate of drug-likeness (QED) is 0.521. The highest BCUT2D eigenvalue weighted by atomic mass is 32.2. The number of amides is 2. The number of hydrogen-bond donors (Lipinski definition) is 1. The summed E-state index contributed by atoms with van der Waals surface area (Å²) in [4.78, 5) is 28.0. The molecule has 0 aliphatic heterocycles. The van der Waals surface area contributed by atoms with E-state index in [1.165, 1.54) is 4.90 Å². The molecule has 2 aromatic carbocycles. The van der Waals surface area contributed by atoms with Crippen LogP contribution in [0.2, 0.25) is 0 Å². The van der Waals surface area contributed by atoms with Gasteiger partial charge in [0.1, 0.15) is 12.6 Å². The minimum absolute atomic E-state index is 0.0813. The van der Waals surface area contributed by atoms with E-state index in [1.807, 2.05) is 63.2 Å². The summed E-state index contributed by atoms with van der Waals surface area (Å²) in [6.45, 7) is 9.49. The summed E-state index contributed by atoms with van der Waals surface area (Å²) in [6, 6.07) is 15.7. The highest BCUT2D eigenvalue weighted by Crippen LogP contribution is 2.23. The van der Waals surface area contributed by atoms with Gasteiger partial charge in [0.2, 0.25) is 21.8 Å². The van der Waals surface area contributed by atoms with Gasteiger partial charge in [0.05, 0.1) is 11.9 Å². The van der Waals surface area contributed by atoms with Gasteiger partial charge in [-0.3, -0.25) is 13.9 Å². The molecule has 7 nitrogen and oxygen atoms in total. The van der Waals surface area contributed by atoms with Gasteiger partial charge in [-0.1, -0.05) is 63.2 Å². The first-order chi connectivity index (χ1) is 15.9. The minimum Gasteiger partial charge on any atom is -0.352 e. The van der Waals surface area contributed by atoms with Gasteiger partial charge < -0.3 is 10.2 Å². The lowest BCUT2D eigenvalue weighted by molar-refractivity contribution is -0.140. The van der Waals surface area contributed by atoms with E-state index >= 15 is 0 Å². The fourth-order valence-electron chi connectivity index (χ4n) is 3.72. The van der Waals surface area contributed by atoms with Crippen molar-refractivity contribution in [2.75, 3.05) is 17.1 Å². The van der Waals surface area contributed by atoms with Crippen LogP contribution >= 0.6 is 0 Å². The Kier molecular flexibility index (Phi) is 9.67. The Morgan fingerprint density at radius 3 is 2.00 bits per heavy atom. The number of nitrogens with one attached hydrogen (secondary N) is 1. The van der Waals surface area contributed by atoms with Crippen molar-refractivity contribution in [3.63, 3.8) is 0 Å². The van der Waals surface area contributed by atoms with E-state index in [-0.39, 0.29) is 18.5 Å². The number of nitrogens with zero attached hydrogens (tertiary/aromatic N) is 2. The van der Waals surface area contributed by atoms with Gasteiger partial charge in [-0.15, -0.1) is 0 Å². The van der Waals surface area contributed by atoms with Crippen LogP contribution in [0.25, 0.3) is 0 Å². The molecule has 0 heterocycles. The van der Waals surface area contributed by atoms with Gasteiger partial charge in [-0.2, -0.15) is 0 Å². The number of rotatable bonds is 11. The van der Waals surface area contributed by atoms with Gasteiger partial charge in [0, 0.05) is 12.6 Å². The van der Waals surface area contributed by atoms with Crippen molar-refractivity contribution >= 4 is 27.5 Å². The lowest BCUT2D eigenvalue weighted by Gasteiger charge is -2.33. The zero-order valence-corrected chi connectivity index (χ0v) is 21.8. The molecule has 186 valence electrons. The number of carbonyl (C=O) groups excluding carboxylic acids is 2. The predicted octanol–water partition coefficient (Wildman–Crippen LogP) is 3.91. The second kappa shape index (κ2) is 12.0. The Bertz CT molecular complexity index is 1050. The van der Waals surface area contributed by atoms with Crippen molar-refractivity contribution in [2.24, 2.45) is 0 Å². The van der Waals surface area contributed by atoms with Crippen LogP contribution in [-0.4, -0.2) is 50.0 Å². The number of hydrogen-bond acceptors (Lipinski definition) is 4. The summed E-state index contributed by atoms with van der Waals surface area (Å²) in [7, 11) is -3.74. The maximum absolute atomic E-state index is 13.6. The predicted molar refractivity (Wildman–Crippen MR) is 137 cm³/mol. The maximum Gasteiger partial charge on any atom is 0.244 e. The molecule has 0 saturated carbocycles. The first-order valence-corrected chi connectivity index (χ1v) is 13.5. The first kappa shape index (κ1) is 27.4. The molecule has 0 fully saturated rings. The zero-order chi connectivity index (χ0) is 25.5. The minimum atomic E-state index is -3.74. The molecule has 1 N–H and O–H groups in total. The van der Waals surface area contributed by atoms with Crippen molar-refractivity contribution in [3.8, 4) is 0 Å². The molecule has 2 amide bonds. The maximum atomic E-state index is 13.6. The second-order valence-electron chi connectivity index (χ2n) is 9.11. The molecule has 0 bridgehead atoms. The summed E-state index contributed by atoms with van der Waals surface area (Å²) < 4.78 is 26.4. The molecule has 0 aliphatic rings. The van der Waals surface area contributed by atoms with Crippen molar-refractivity contribution < 1.29 is 18.0 Å². The highest BCUT2D eigenvalue weighted by molar-refractivity contribution is 7.92. The van der Waals surface area contributed by atoms with E-state index in [2.05, 4.69) is 19.2 Å². The van der Waals surface area contributed by atoms with Gasteiger partial charge in [-0.05, 0) is 49.4 Å². The number of carbonyl (C=O) groups is 2. The third-order valence-corrected chi connectivity index (χ3v) is 6.68. The Hall–Kier alpha value is -2.87. The van der Waals surface area contributed by atoms with Gasteiger partial charge in [0.15, 0.2) is 0 Å². The van der Waals surface area contributed by atoms with Crippen molar-refractivity contribution in [1.82, 2.24) is 10.2 Å². The average Bonchev–Trinajstić information content (AvgIpc) is 2.76. The van der Waals surface area contributed by atoms with E-state index < -0.39 is 28.5 Å². The molecular weight excluding hydrogens is 450 g/mol. The lowest BCUT2D eigenvalue weighted by atomic mass is 10.0. The van der Waals surface area contributed by atoms with E-state index in [1.54, 1.807) is 12.1 Å². The molecular formula is C26H37N3O4S.